The monoisotopic (exact) mass is 300 g/mol. The van der Waals surface area contributed by atoms with E-state index >= 15 is 0 Å². The van der Waals surface area contributed by atoms with Crippen molar-refractivity contribution in [2.45, 2.75) is 32.4 Å². The van der Waals surface area contributed by atoms with Crippen molar-refractivity contribution in [2.24, 2.45) is 0 Å². The van der Waals surface area contributed by atoms with E-state index in [2.05, 4.69) is 35.2 Å². The quantitative estimate of drug-likeness (QED) is 0.728. The summed E-state index contributed by atoms with van der Waals surface area (Å²) in [7, 11) is 1.67. The summed E-state index contributed by atoms with van der Waals surface area (Å²) in [6, 6.07) is 10.5. The van der Waals surface area contributed by atoms with Crippen LogP contribution in [0.2, 0.25) is 0 Å². The molecule has 0 radical (unpaired) electrons. The van der Waals surface area contributed by atoms with Gasteiger partial charge in [0.25, 0.3) is 0 Å². The summed E-state index contributed by atoms with van der Waals surface area (Å²) < 4.78 is 13.2. The lowest BCUT2D eigenvalue weighted by atomic mass is 10.1. The molecule has 118 valence electrons. The topological polar surface area (TPSA) is 36.3 Å². The molecule has 4 nitrogen and oxygen atoms in total. The molecule has 1 aromatic heterocycles. The lowest BCUT2D eigenvalue weighted by molar-refractivity contribution is -0.0224. The van der Waals surface area contributed by atoms with E-state index in [4.69, 9.17) is 9.47 Å². The van der Waals surface area contributed by atoms with Crippen LogP contribution in [0.1, 0.15) is 38.1 Å². The van der Waals surface area contributed by atoms with Gasteiger partial charge in [0.05, 0.1) is 24.2 Å². The molecule has 0 saturated heterocycles. The number of aromatic nitrogens is 2. The van der Waals surface area contributed by atoms with Crippen LogP contribution >= 0.6 is 0 Å². The van der Waals surface area contributed by atoms with Crippen molar-refractivity contribution in [2.75, 3.05) is 13.7 Å². The third-order valence-corrected chi connectivity index (χ3v) is 3.80. The Balaban J connectivity index is 2.14. The van der Waals surface area contributed by atoms with E-state index in [0.717, 1.165) is 5.69 Å². The smallest absolute Gasteiger partial charge is 0.137 e. The lowest BCUT2D eigenvalue weighted by Crippen LogP contribution is -2.28. The van der Waals surface area contributed by atoms with Crippen LogP contribution in [0.15, 0.2) is 49.4 Å². The van der Waals surface area contributed by atoms with E-state index in [1.807, 2.05) is 38.4 Å². The Morgan fingerprint density at radius 2 is 2.00 bits per heavy atom. The highest BCUT2D eigenvalue weighted by Crippen LogP contribution is 2.24. The number of nitrogens with zero attached hydrogens (tertiary/aromatic N) is 2. The van der Waals surface area contributed by atoms with Gasteiger partial charge in [-0.2, -0.15) is 0 Å². The summed E-state index contributed by atoms with van der Waals surface area (Å²) in [5.41, 5.74) is 1.74. The second-order valence-corrected chi connectivity index (χ2v) is 5.95. The summed E-state index contributed by atoms with van der Waals surface area (Å²) >= 11 is 0. The van der Waals surface area contributed by atoms with Crippen LogP contribution in [0, 0.1) is 0 Å². The van der Waals surface area contributed by atoms with Crippen molar-refractivity contribution in [3.05, 3.63) is 60.7 Å². The predicted molar refractivity (Wildman–Crippen MR) is 88.6 cm³/mol. The number of ether oxygens (including phenoxy) is 2. The number of imidazole rings is 1. The minimum absolute atomic E-state index is 0.162. The molecule has 0 saturated carbocycles. The first-order valence-corrected chi connectivity index (χ1v) is 7.38. The van der Waals surface area contributed by atoms with Gasteiger partial charge in [-0.15, -0.1) is 0 Å². The fourth-order valence-corrected chi connectivity index (χ4v) is 2.12. The zero-order valence-electron chi connectivity index (χ0n) is 13.7. The third-order valence-electron chi connectivity index (χ3n) is 3.80. The average molecular weight is 300 g/mol. The van der Waals surface area contributed by atoms with Gasteiger partial charge in [-0.05, 0) is 26.3 Å². The molecule has 0 N–H and O–H groups in total. The Bertz CT molecular complexity index is 617. The third kappa shape index (κ3) is 3.77. The molecular formula is C18H24N2O2. The summed E-state index contributed by atoms with van der Waals surface area (Å²) in [6.45, 7) is 10.6. The number of benzene rings is 1. The highest BCUT2D eigenvalue weighted by atomic mass is 16.5. The van der Waals surface area contributed by atoms with Crippen LogP contribution in [0.4, 0.5) is 0 Å². The Labute approximate surface area is 132 Å². The first-order valence-electron chi connectivity index (χ1n) is 7.38. The van der Waals surface area contributed by atoms with Crippen molar-refractivity contribution >= 4 is 5.76 Å². The molecule has 0 amide bonds. The van der Waals surface area contributed by atoms with Gasteiger partial charge >= 0.3 is 0 Å². The van der Waals surface area contributed by atoms with Crippen molar-refractivity contribution in [3.8, 4) is 0 Å². The molecule has 1 aromatic carbocycles. The number of hydrogen-bond donors (Lipinski definition) is 0. The molecule has 2 aromatic rings. The molecule has 4 heteroatoms. The Kier molecular flexibility index (Phi) is 5.03. The van der Waals surface area contributed by atoms with E-state index in [1.165, 1.54) is 5.56 Å². The minimum atomic E-state index is -0.348. The minimum Gasteiger partial charge on any atom is -0.489 e. The zero-order valence-corrected chi connectivity index (χ0v) is 13.7. The summed E-state index contributed by atoms with van der Waals surface area (Å²) in [4.78, 5) is 4.25. The molecule has 0 bridgehead atoms. The second-order valence-electron chi connectivity index (χ2n) is 5.95. The van der Waals surface area contributed by atoms with Crippen LogP contribution in [-0.4, -0.2) is 28.9 Å². The molecule has 22 heavy (non-hydrogen) atoms. The van der Waals surface area contributed by atoms with Gasteiger partial charge in [0.2, 0.25) is 0 Å². The molecular weight excluding hydrogens is 276 g/mol. The summed E-state index contributed by atoms with van der Waals surface area (Å²) in [6.07, 6.45) is 3.59. The molecule has 0 unspecified atom stereocenters. The standard InChI is InChI=1S/C18H24N2O2/c1-14(16-9-7-6-8-10-16)20-13-19-11-17(20)15(2)22-12-18(3,4)21-5/h6-11,13-14H,2,12H2,1,3-5H3/t14-/m1/s1. The van der Waals surface area contributed by atoms with Crippen molar-refractivity contribution < 1.29 is 9.47 Å². The van der Waals surface area contributed by atoms with Crippen LogP contribution < -0.4 is 0 Å². The van der Waals surface area contributed by atoms with E-state index < -0.39 is 0 Å². The number of hydrogen-bond acceptors (Lipinski definition) is 3. The predicted octanol–water partition coefficient (Wildman–Crippen LogP) is 3.90. The molecule has 1 atom stereocenters. The van der Waals surface area contributed by atoms with Crippen LogP contribution in [0.25, 0.3) is 5.76 Å². The van der Waals surface area contributed by atoms with Crippen LogP contribution in [-0.2, 0) is 9.47 Å². The lowest BCUT2D eigenvalue weighted by Gasteiger charge is -2.24. The number of rotatable bonds is 7. The van der Waals surface area contributed by atoms with Crippen molar-refractivity contribution in [1.29, 1.82) is 0 Å². The molecule has 0 aliphatic rings. The molecule has 0 spiro atoms. The van der Waals surface area contributed by atoms with Gasteiger partial charge in [0, 0.05) is 7.11 Å². The summed E-state index contributed by atoms with van der Waals surface area (Å²) in [5, 5.41) is 0. The Morgan fingerprint density at radius 3 is 2.64 bits per heavy atom. The highest BCUT2D eigenvalue weighted by Gasteiger charge is 2.20. The Morgan fingerprint density at radius 1 is 1.32 bits per heavy atom. The maximum absolute atomic E-state index is 5.79. The van der Waals surface area contributed by atoms with Gasteiger partial charge in [-0.3, -0.25) is 0 Å². The van der Waals surface area contributed by atoms with Gasteiger partial charge in [0.15, 0.2) is 0 Å². The van der Waals surface area contributed by atoms with Crippen LogP contribution in [0.5, 0.6) is 0 Å². The zero-order chi connectivity index (χ0) is 16.2. The molecule has 0 aliphatic carbocycles. The van der Waals surface area contributed by atoms with Crippen molar-refractivity contribution in [1.82, 2.24) is 9.55 Å². The van der Waals surface area contributed by atoms with E-state index in [0.29, 0.717) is 12.4 Å². The molecule has 0 aliphatic heterocycles. The maximum atomic E-state index is 5.79. The molecule has 2 rings (SSSR count). The first kappa shape index (κ1) is 16.3. The molecule has 1 heterocycles. The highest BCUT2D eigenvalue weighted by molar-refractivity contribution is 5.53. The fourth-order valence-electron chi connectivity index (χ4n) is 2.12. The fraction of sp³-hybridized carbons (Fsp3) is 0.389. The van der Waals surface area contributed by atoms with Crippen molar-refractivity contribution in [3.63, 3.8) is 0 Å². The van der Waals surface area contributed by atoms with Gasteiger partial charge < -0.3 is 14.0 Å². The Hall–Kier alpha value is -2.07. The molecule has 0 fully saturated rings. The van der Waals surface area contributed by atoms with E-state index in [-0.39, 0.29) is 11.6 Å². The first-order chi connectivity index (χ1) is 10.4. The van der Waals surface area contributed by atoms with Gasteiger partial charge in [-0.25, -0.2) is 4.98 Å². The van der Waals surface area contributed by atoms with E-state index in [1.54, 1.807) is 13.3 Å². The maximum Gasteiger partial charge on any atom is 0.137 e. The summed E-state index contributed by atoms with van der Waals surface area (Å²) in [5.74, 6) is 0.602. The van der Waals surface area contributed by atoms with Gasteiger partial charge in [0.1, 0.15) is 18.1 Å². The SMILES string of the molecule is C=C(OCC(C)(C)OC)c1cncn1[C@H](C)c1ccccc1. The average Bonchev–Trinajstić information content (AvgIpc) is 3.02. The van der Waals surface area contributed by atoms with Crippen LogP contribution in [0.3, 0.4) is 0 Å². The second kappa shape index (κ2) is 6.79. The van der Waals surface area contributed by atoms with E-state index in [9.17, 15) is 0 Å². The largest absolute Gasteiger partial charge is 0.489 e. The number of methoxy groups -OCH3 is 1. The van der Waals surface area contributed by atoms with Gasteiger partial charge in [-0.1, -0.05) is 36.9 Å². The normalized spacial score (nSPS) is 12.9.